The number of imidazole rings is 1. The summed E-state index contributed by atoms with van der Waals surface area (Å²) in [6.45, 7) is 3.17. The van der Waals surface area contributed by atoms with Gasteiger partial charge in [-0.05, 0) is 41.9 Å². The molecule has 0 saturated carbocycles. The molecule has 0 bridgehead atoms. The van der Waals surface area contributed by atoms with Crippen molar-refractivity contribution < 1.29 is 4.39 Å². The summed E-state index contributed by atoms with van der Waals surface area (Å²) in [5.74, 6) is 1.09. The first-order valence-corrected chi connectivity index (χ1v) is 6.52. The molecular formula is C12H13BrFN3. The summed E-state index contributed by atoms with van der Waals surface area (Å²) in [5, 5.41) is 3.39. The van der Waals surface area contributed by atoms with Crippen molar-refractivity contribution in [2.45, 2.75) is 25.3 Å². The summed E-state index contributed by atoms with van der Waals surface area (Å²) >= 11 is 3.18. The summed E-state index contributed by atoms with van der Waals surface area (Å²) < 4.78 is 13.9. The number of H-pyrrole nitrogens is 1. The molecule has 0 spiro atoms. The van der Waals surface area contributed by atoms with Gasteiger partial charge in [0.2, 0.25) is 0 Å². The van der Waals surface area contributed by atoms with Crippen LogP contribution in [-0.4, -0.2) is 22.6 Å². The number of rotatable bonds is 1. The lowest BCUT2D eigenvalue weighted by Gasteiger charge is -2.11. The topological polar surface area (TPSA) is 40.7 Å². The number of benzene rings is 1. The van der Waals surface area contributed by atoms with E-state index in [2.05, 4.69) is 38.1 Å². The Morgan fingerprint density at radius 1 is 1.47 bits per heavy atom. The number of aromatic nitrogens is 2. The Kier molecular flexibility index (Phi) is 2.67. The lowest BCUT2D eigenvalue weighted by atomic mass is 10.0. The van der Waals surface area contributed by atoms with Crippen molar-refractivity contribution in [3.63, 3.8) is 0 Å². The third kappa shape index (κ3) is 1.87. The van der Waals surface area contributed by atoms with Crippen LogP contribution in [0.2, 0.25) is 0 Å². The number of nitrogens with zero attached hydrogens (tertiary/aromatic N) is 1. The molecule has 1 aromatic heterocycles. The Bertz CT molecular complexity index is 527. The average molecular weight is 298 g/mol. The van der Waals surface area contributed by atoms with E-state index in [1.807, 2.05) is 0 Å². The van der Waals surface area contributed by atoms with Crippen LogP contribution in [0.1, 0.15) is 25.1 Å². The molecule has 1 aliphatic rings. The van der Waals surface area contributed by atoms with Crippen LogP contribution >= 0.6 is 15.9 Å². The molecule has 3 nitrogen and oxygen atoms in total. The molecule has 2 N–H and O–H groups in total. The van der Waals surface area contributed by atoms with E-state index in [9.17, 15) is 4.39 Å². The monoisotopic (exact) mass is 297 g/mol. The van der Waals surface area contributed by atoms with Crippen molar-refractivity contribution in [1.82, 2.24) is 15.3 Å². The molecule has 1 saturated heterocycles. The molecule has 90 valence electrons. The van der Waals surface area contributed by atoms with Crippen LogP contribution in [-0.2, 0) is 0 Å². The second-order valence-corrected chi connectivity index (χ2v) is 5.40. The van der Waals surface area contributed by atoms with E-state index in [0.717, 1.165) is 29.8 Å². The van der Waals surface area contributed by atoms with Crippen LogP contribution in [0.25, 0.3) is 11.0 Å². The summed E-state index contributed by atoms with van der Waals surface area (Å²) in [6.07, 6.45) is 1.07. The first-order valence-electron chi connectivity index (χ1n) is 5.73. The normalized spacial score (nSPS) is 24.6. The molecule has 3 rings (SSSR count). The van der Waals surface area contributed by atoms with Crippen molar-refractivity contribution >= 4 is 27.0 Å². The van der Waals surface area contributed by atoms with Gasteiger partial charge in [0.25, 0.3) is 0 Å². The summed E-state index contributed by atoms with van der Waals surface area (Å²) in [6, 6.07) is 3.63. The number of aromatic amines is 1. The smallest absolute Gasteiger partial charge is 0.139 e. The van der Waals surface area contributed by atoms with Gasteiger partial charge in [0.05, 0.1) is 15.5 Å². The molecule has 2 unspecified atom stereocenters. The van der Waals surface area contributed by atoms with Crippen LogP contribution in [0.5, 0.6) is 0 Å². The fourth-order valence-electron chi connectivity index (χ4n) is 2.43. The van der Waals surface area contributed by atoms with Crippen LogP contribution in [0.4, 0.5) is 4.39 Å². The minimum atomic E-state index is -0.259. The van der Waals surface area contributed by atoms with E-state index in [4.69, 9.17) is 0 Å². The standard InChI is InChI=1S/C12H13BrFN3/c1-6-7(2-3-15-6)12-16-10-4-8(13)9(14)5-11(10)17-12/h4-7,15H,2-3H2,1H3,(H,16,17). The van der Waals surface area contributed by atoms with Crippen molar-refractivity contribution in [3.8, 4) is 0 Å². The largest absolute Gasteiger partial charge is 0.342 e. The molecule has 2 atom stereocenters. The summed E-state index contributed by atoms with van der Waals surface area (Å²) in [4.78, 5) is 7.78. The molecule has 2 aromatic rings. The number of hydrogen-bond acceptors (Lipinski definition) is 2. The van der Waals surface area contributed by atoms with Gasteiger partial charge in [-0.1, -0.05) is 0 Å². The molecule has 0 radical (unpaired) electrons. The van der Waals surface area contributed by atoms with Gasteiger partial charge in [-0.15, -0.1) is 0 Å². The lowest BCUT2D eigenvalue weighted by Crippen LogP contribution is -2.22. The SMILES string of the molecule is CC1NCCC1c1nc2cc(Br)c(F)cc2[nH]1. The summed E-state index contributed by atoms with van der Waals surface area (Å²) in [5.41, 5.74) is 1.58. The Morgan fingerprint density at radius 3 is 3.00 bits per heavy atom. The van der Waals surface area contributed by atoms with Gasteiger partial charge in [-0.25, -0.2) is 9.37 Å². The first kappa shape index (κ1) is 11.2. The highest BCUT2D eigenvalue weighted by Crippen LogP contribution is 2.28. The molecule has 1 fully saturated rings. The minimum absolute atomic E-state index is 0.259. The average Bonchev–Trinajstić information content (AvgIpc) is 2.85. The molecular weight excluding hydrogens is 285 g/mol. The number of hydrogen-bond donors (Lipinski definition) is 2. The Labute approximate surface area is 107 Å². The van der Waals surface area contributed by atoms with Crippen LogP contribution < -0.4 is 5.32 Å². The van der Waals surface area contributed by atoms with E-state index >= 15 is 0 Å². The second-order valence-electron chi connectivity index (χ2n) is 4.54. The zero-order valence-corrected chi connectivity index (χ0v) is 11.0. The fraction of sp³-hybridized carbons (Fsp3) is 0.417. The third-order valence-electron chi connectivity index (χ3n) is 3.42. The zero-order valence-electron chi connectivity index (χ0n) is 9.43. The second kappa shape index (κ2) is 4.07. The maximum absolute atomic E-state index is 13.4. The highest BCUT2D eigenvalue weighted by molar-refractivity contribution is 9.10. The maximum atomic E-state index is 13.4. The number of nitrogens with one attached hydrogen (secondary N) is 2. The van der Waals surface area contributed by atoms with Gasteiger partial charge in [0, 0.05) is 18.0 Å². The fourth-order valence-corrected chi connectivity index (χ4v) is 2.76. The van der Waals surface area contributed by atoms with E-state index in [0.29, 0.717) is 16.4 Å². The van der Waals surface area contributed by atoms with Crippen molar-refractivity contribution in [2.75, 3.05) is 6.54 Å². The van der Waals surface area contributed by atoms with Gasteiger partial charge in [0.15, 0.2) is 0 Å². The summed E-state index contributed by atoms with van der Waals surface area (Å²) in [7, 11) is 0. The Balaban J connectivity index is 2.07. The van der Waals surface area contributed by atoms with E-state index in [1.165, 1.54) is 6.07 Å². The molecule has 1 aromatic carbocycles. The van der Waals surface area contributed by atoms with Gasteiger partial charge in [0.1, 0.15) is 11.6 Å². The number of fused-ring (bicyclic) bond motifs is 1. The maximum Gasteiger partial charge on any atom is 0.139 e. The molecule has 0 amide bonds. The highest BCUT2D eigenvalue weighted by atomic mass is 79.9. The van der Waals surface area contributed by atoms with Gasteiger partial charge >= 0.3 is 0 Å². The van der Waals surface area contributed by atoms with Crippen molar-refractivity contribution in [1.29, 1.82) is 0 Å². The minimum Gasteiger partial charge on any atom is -0.342 e. The van der Waals surface area contributed by atoms with Gasteiger partial charge in [-0.2, -0.15) is 0 Å². The Hall–Kier alpha value is -0.940. The molecule has 17 heavy (non-hydrogen) atoms. The lowest BCUT2D eigenvalue weighted by molar-refractivity contribution is 0.574. The van der Waals surface area contributed by atoms with Crippen LogP contribution in [0.3, 0.4) is 0 Å². The highest BCUT2D eigenvalue weighted by Gasteiger charge is 2.27. The predicted octanol–water partition coefficient (Wildman–Crippen LogP) is 2.93. The van der Waals surface area contributed by atoms with E-state index < -0.39 is 0 Å². The molecule has 2 heterocycles. The predicted molar refractivity (Wildman–Crippen MR) is 68.6 cm³/mol. The number of halogens is 2. The molecule has 1 aliphatic heterocycles. The van der Waals surface area contributed by atoms with Gasteiger partial charge in [-0.3, -0.25) is 0 Å². The quantitative estimate of drug-likeness (QED) is 0.850. The zero-order chi connectivity index (χ0) is 12.0. The molecule has 0 aliphatic carbocycles. The third-order valence-corrected chi connectivity index (χ3v) is 4.03. The van der Waals surface area contributed by atoms with Crippen molar-refractivity contribution in [2.24, 2.45) is 0 Å². The Morgan fingerprint density at radius 2 is 2.29 bits per heavy atom. The van der Waals surface area contributed by atoms with E-state index in [1.54, 1.807) is 6.07 Å². The van der Waals surface area contributed by atoms with Crippen molar-refractivity contribution in [3.05, 3.63) is 28.2 Å². The van der Waals surface area contributed by atoms with Crippen LogP contribution in [0.15, 0.2) is 16.6 Å². The van der Waals surface area contributed by atoms with E-state index in [-0.39, 0.29) is 5.82 Å². The molecule has 5 heteroatoms. The van der Waals surface area contributed by atoms with Gasteiger partial charge < -0.3 is 10.3 Å². The van der Waals surface area contributed by atoms with Crippen LogP contribution in [0, 0.1) is 5.82 Å². The first-order chi connectivity index (χ1) is 8.15.